The third-order valence-electron chi connectivity index (χ3n) is 2.83. The third-order valence-corrected chi connectivity index (χ3v) is 2.83. The van der Waals surface area contributed by atoms with Crippen LogP contribution in [0.1, 0.15) is 19.8 Å². The zero-order chi connectivity index (χ0) is 11.1. The Balaban J connectivity index is 2.21. The topological polar surface area (TPSA) is 92.9 Å². The molecule has 7 nitrogen and oxygen atoms in total. The summed E-state index contributed by atoms with van der Waals surface area (Å²) in [5, 5.41) is 22.9. The lowest BCUT2D eigenvalue weighted by Crippen LogP contribution is -2.46. The zero-order valence-corrected chi connectivity index (χ0v) is 8.64. The number of tetrazole rings is 1. The number of hydrogen-bond acceptors (Lipinski definition) is 5. The first-order valence-electron chi connectivity index (χ1n) is 4.78. The number of carboxylic acids is 1. The van der Waals surface area contributed by atoms with Crippen LogP contribution >= 0.6 is 0 Å². The minimum atomic E-state index is -0.970. The minimum Gasteiger partial charge on any atom is -0.480 e. The van der Waals surface area contributed by atoms with Crippen LogP contribution in [0, 0.1) is 5.92 Å². The maximum atomic E-state index is 11.2. The predicted molar refractivity (Wildman–Crippen MR) is 51.2 cm³/mol. The van der Waals surface area contributed by atoms with Crippen LogP contribution in [-0.4, -0.2) is 36.8 Å². The van der Waals surface area contributed by atoms with Gasteiger partial charge in [0.2, 0.25) is 5.95 Å². The molecule has 0 aliphatic heterocycles. The van der Waals surface area contributed by atoms with Gasteiger partial charge in [-0.1, -0.05) is 5.10 Å². The van der Waals surface area contributed by atoms with Crippen LogP contribution in [0.5, 0.6) is 0 Å². The van der Waals surface area contributed by atoms with Crippen molar-refractivity contribution < 1.29 is 9.90 Å². The van der Waals surface area contributed by atoms with Crippen LogP contribution in [-0.2, 0) is 11.8 Å². The highest BCUT2D eigenvalue weighted by Crippen LogP contribution is 2.41. The van der Waals surface area contributed by atoms with E-state index in [-0.39, 0.29) is 5.92 Å². The predicted octanol–water partition coefficient (Wildman–Crippen LogP) is -0.125. The maximum Gasteiger partial charge on any atom is 0.329 e. The van der Waals surface area contributed by atoms with E-state index in [1.807, 2.05) is 0 Å². The van der Waals surface area contributed by atoms with Gasteiger partial charge in [0.15, 0.2) is 0 Å². The number of carbonyl (C=O) groups is 1. The van der Waals surface area contributed by atoms with E-state index in [1.54, 1.807) is 14.0 Å². The smallest absolute Gasteiger partial charge is 0.329 e. The molecular weight excluding hydrogens is 198 g/mol. The van der Waals surface area contributed by atoms with E-state index in [0.29, 0.717) is 5.95 Å². The second-order valence-corrected chi connectivity index (χ2v) is 4.03. The van der Waals surface area contributed by atoms with Crippen LogP contribution in [0.2, 0.25) is 0 Å². The molecule has 1 aliphatic carbocycles. The normalized spacial score (nSPS) is 19.6. The number of nitrogens with one attached hydrogen (secondary N) is 1. The van der Waals surface area contributed by atoms with E-state index in [1.165, 1.54) is 4.68 Å². The molecule has 7 heteroatoms. The van der Waals surface area contributed by atoms with Gasteiger partial charge in [0.1, 0.15) is 5.54 Å². The Labute approximate surface area is 86.5 Å². The van der Waals surface area contributed by atoms with E-state index in [0.717, 1.165) is 12.8 Å². The quantitative estimate of drug-likeness (QED) is 0.721. The number of nitrogens with zero attached hydrogens (tertiary/aromatic N) is 4. The van der Waals surface area contributed by atoms with E-state index in [4.69, 9.17) is 0 Å². The van der Waals surface area contributed by atoms with Crippen molar-refractivity contribution in [2.24, 2.45) is 13.0 Å². The molecule has 1 saturated carbocycles. The zero-order valence-electron chi connectivity index (χ0n) is 8.64. The average molecular weight is 211 g/mol. The summed E-state index contributed by atoms with van der Waals surface area (Å²) in [5.74, 6) is -0.327. The van der Waals surface area contributed by atoms with Crippen LogP contribution in [0.3, 0.4) is 0 Å². The van der Waals surface area contributed by atoms with Gasteiger partial charge in [-0.2, -0.15) is 0 Å². The minimum absolute atomic E-state index is 0.159. The number of aromatic nitrogens is 4. The molecule has 0 saturated heterocycles. The van der Waals surface area contributed by atoms with Crippen LogP contribution in [0.4, 0.5) is 5.95 Å². The monoisotopic (exact) mass is 211 g/mol. The molecule has 0 bridgehead atoms. The fourth-order valence-corrected chi connectivity index (χ4v) is 1.56. The molecular formula is C8H13N5O2. The van der Waals surface area contributed by atoms with E-state index in [9.17, 15) is 9.90 Å². The maximum absolute atomic E-state index is 11.2. The Hall–Kier alpha value is -1.66. The molecule has 0 spiro atoms. The van der Waals surface area contributed by atoms with Crippen LogP contribution < -0.4 is 5.32 Å². The molecule has 1 aromatic heterocycles. The molecule has 0 radical (unpaired) electrons. The fraction of sp³-hybridized carbons (Fsp3) is 0.750. The molecule has 1 atom stereocenters. The average Bonchev–Trinajstić information content (AvgIpc) is 2.94. The highest BCUT2D eigenvalue weighted by Gasteiger charge is 2.48. The standard InChI is InChI=1S/C8H13N5O2/c1-8(6(14)15,5-3-4-5)9-7-10-11-12-13(7)2/h5H,3-4H2,1-2H3,(H,14,15)(H,9,10,12). The Morgan fingerprint density at radius 3 is 2.73 bits per heavy atom. The molecule has 0 aromatic carbocycles. The van der Waals surface area contributed by atoms with Gasteiger partial charge in [0.05, 0.1) is 0 Å². The van der Waals surface area contributed by atoms with Crippen molar-refractivity contribution in [1.82, 2.24) is 20.2 Å². The molecule has 1 fully saturated rings. The fourth-order valence-electron chi connectivity index (χ4n) is 1.56. The summed E-state index contributed by atoms with van der Waals surface area (Å²) in [5.41, 5.74) is -0.970. The van der Waals surface area contributed by atoms with Crippen molar-refractivity contribution >= 4 is 11.9 Å². The number of anilines is 1. The summed E-state index contributed by atoms with van der Waals surface area (Å²) in [6.07, 6.45) is 1.86. The first kappa shape index (κ1) is 9.88. The highest BCUT2D eigenvalue weighted by atomic mass is 16.4. The molecule has 1 unspecified atom stereocenters. The van der Waals surface area contributed by atoms with Crippen LogP contribution in [0.25, 0.3) is 0 Å². The number of aliphatic carboxylic acids is 1. The van der Waals surface area contributed by atoms with Crippen molar-refractivity contribution in [2.75, 3.05) is 5.32 Å². The summed E-state index contributed by atoms with van der Waals surface area (Å²) < 4.78 is 1.42. The molecule has 2 rings (SSSR count). The second kappa shape index (κ2) is 3.18. The van der Waals surface area contributed by atoms with E-state index in [2.05, 4.69) is 20.8 Å². The molecule has 15 heavy (non-hydrogen) atoms. The Kier molecular flexibility index (Phi) is 2.09. The largest absolute Gasteiger partial charge is 0.480 e. The first-order chi connectivity index (χ1) is 7.04. The molecule has 1 heterocycles. The highest BCUT2D eigenvalue weighted by molar-refractivity contribution is 5.82. The Bertz CT molecular complexity index is 386. The van der Waals surface area contributed by atoms with E-state index < -0.39 is 11.5 Å². The van der Waals surface area contributed by atoms with Gasteiger partial charge in [-0.05, 0) is 36.1 Å². The Morgan fingerprint density at radius 2 is 2.33 bits per heavy atom. The number of rotatable bonds is 4. The summed E-state index contributed by atoms with van der Waals surface area (Å²) in [6, 6.07) is 0. The van der Waals surface area contributed by atoms with Gasteiger partial charge < -0.3 is 10.4 Å². The van der Waals surface area contributed by atoms with Crippen LogP contribution in [0.15, 0.2) is 0 Å². The summed E-state index contributed by atoms with van der Waals surface area (Å²) in [4.78, 5) is 11.2. The lowest BCUT2D eigenvalue weighted by Gasteiger charge is -2.25. The lowest BCUT2D eigenvalue weighted by atomic mass is 9.96. The van der Waals surface area contributed by atoms with Gasteiger partial charge in [-0.3, -0.25) is 0 Å². The summed E-state index contributed by atoms with van der Waals surface area (Å²) >= 11 is 0. The third kappa shape index (κ3) is 1.64. The SMILES string of the molecule is Cn1nnnc1NC(C)(C(=O)O)C1CC1. The van der Waals surface area contributed by atoms with E-state index >= 15 is 0 Å². The van der Waals surface area contributed by atoms with Gasteiger partial charge in [-0.25, -0.2) is 9.48 Å². The summed E-state index contributed by atoms with van der Waals surface area (Å²) in [7, 11) is 1.66. The lowest BCUT2D eigenvalue weighted by molar-refractivity contribution is -0.142. The number of aryl methyl sites for hydroxylation is 1. The van der Waals surface area contributed by atoms with Crippen molar-refractivity contribution in [2.45, 2.75) is 25.3 Å². The molecule has 0 amide bonds. The second-order valence-electron chi connectivity index (χ2n) is 4.03. The van der Waals surface area contributed by atoms with Crippen molar-refractivity contribution in [1.29, 1.82) is 0 Å². The number of hydrogen-bond donors (Lipinski definition) is 2. The van der Waals surface area contributed by atoms with Crippen molar-refractivity contribution in [3.8, 4) is 0 Å². The molecule has 82 valence electrons. The van der Waals surface area contributed by atoms with Gasteiger partial charge >= 0.3 is 5.97 Å². The molecule has 1 aromatic rings. The van der Waals surface area contributed by atoms with Gasteiger partial charge in [0.25, 0.3) is 0 Å². The van der Waals surface area contributed by atoms with Gasteiger partial charge in [0, 0.05) is 7.05 Å². The molecule has 1 aliphatic rings. The Morgan fingerprint density at radius 1 is 1.67 bits per heavy atom. The summed E-state index contributed by atoms with van der Waals surface area (Å²) in [6.45, 7) is 1.67. The van der Waals surface area contributed by atoms with Crippen molar-refractivity contribution in [3.63, 3.8) is 0 Å². The van der Waals surface area contributed by atoms with Gasteiger partial charge in [-0.15, -0.1) is 0 Å². The number of carboxylic acid groups (broad SMARTS) is 1. The van der Waals surface area contributed by atoms with Crippen molar-refractivity contribution in [3.05, 3.63) is 0 Å². The molecule has 2 N–H and O–H groups in total. The first-order valence-corrected chi connectivity index (χ1v) is 4.78.